The summed E-state index contributed by atoms with van der Waals surface area (Å²) in [4.78, 5) is 24.8. The summed E-state index contributed by atoms with van der Waals surface area (Å²) in [6.07, 6.45) is 0.0772. The van der Waals surface area contributed by atoms with Gasteiger partial charge in [0.15, 0.2) is 0 Å². The Bertz CT molecular complexity index is 1070. The number of hydrogen-bond donors (Lipinski definition) is 2. The number of nitrogens with one attached hydrogen (secondary N) is 1. The van der Waals surface area contributed by atoms with E-state index in [1.807, 2.05) is 0 Å². The van der Waals surface area contributed by atoms with Gasteiger partial charge in [0.1, 0.15) is 17.8 Å². The molecule has 1 aromatic rings. The molecule has 1 aromatic carbocycles. The summed E-state index contributed by atoms with van der Waals surface area (Å²) < 4.78 is 103. The molecule has 0 fully saturated rings. The fourth-order valence-corrected chi connectivity index (χ4v) is 3.96. The maximum atomic E-state index is 13.8. The van der Waals surface area contributed by atoms with Gasteiger partial charge in [-0.3, -0.25) is 4.79 Å². The molecule has 3 atom stereocenters. The van der Waals surface area contributed by atoms with Crippen molar-refractivity contribution < 1.29 is 69.8 Å². The van der Waals surface area contributed by atoms with Crippen LogP contribution in [0.2, 0.25) is 0 Å². The molecule has 1 aliphatic carbocycles. The van der Waals surface area contributed by atoms with E-state index in [9.17, 15) is 36.6 Å². The van der Waals surface area contributed by atoms with Crippen molar-refractivity contribution in [1.29, 1.82) is 0 Å². The molecule has 16 heteroatoms. The minimum absolute atomic E-state index is 0.0527. The number of hydrogen-bond acceptors (Lipinski definition) is 10. The smallest absolute Gasteiger partial charge is 0.426 e. The maximum absolute atomic E-state index is 13.8. The lowest BCUT2D eigenvalue weighted by Crippen LogP contribution is -2.48. The third-order valence-corrected chi connectivity index (χ3v) is 6.37. The Balaban J connectivity index is 1.79. The monoisotopic (exact) mass is 643 g/mol. The average Bonchev–Trinajstić information content (AvgIpc) is 3.00. The standard InChI is InChI=1S/C28H38F5NO10/c1-38-12-14-41-17-19(42-15-13-39-2)16-40-11-5-10-34-26(35)28(37)8-4-3-6-18(7-9-28)43-27(36)44-25-23(32)21(30)20(29)22(31)24(25)33/h3,6,18-19,37H,4-5,7-17H2,1-2H3,(H,34,35)/b6-3+/t18-,19?,28-/m0/s1. The molecule has 0 aliphatic heterocycles. The van der Waals surface area contributed by atoms with Gasteiger partial charge in [-0.2, -0.15) is 8.78 Å². The summed E-state index contributed by atoms with van der Waals surface area (Å²) in [5.41, 5.74) is -1.83. The molecule has 0 heterocycles. The third kappa shape index (κ3) is 11.9. The number of carbonyl (C=O) groups excluding carboxylic acids is 2. The Morgan fingerprint density at radius 1 is 0.909 bits per heavy atom. The van der Waals surface area contributed by atoms with Crippen LogP contribution >= 0.6 is 0 Å². The molecule has 0 saturated carbocycles. The highest BCUT2D eigenvalue weighted by molar-refractivity contribution is 5.84. The zero-order valence-corrected chi connectivity index (χ0v) is 24.5. The van der Waals surface area contributed by atoms with Crippen molar-refractivity contribution >= 4 is 12.1 Å². The highest BCUT2D eigenvalue weighted by Crippen LogP contribution is 2.30. The number of amides is 1. The van der Waals surface area contributed by atoms with E-state index < -0.39 is 58.6 Å². The SMILES string of the molecule is COCCOCC(COCCCNC(=O)[C@]1(O)CC/C=C/[C@H](OC(=O)Oc2c(F)c(F)c(F)c(F)c2F)CC1)OCCOC. The van der Waals surface area contributed by atoms with Crippen LogP contribution in [0.1, 0.15) is 32.1 Å². The van der Waals surface area contributed by atoms with Crippen molar-refractivity contribution in [2.75, 3.05) is 67.0 Å². The summed E-state index contributed by atoms with van der Waals surface area (Å²) in [6, 6.07) is 0. The lowest BCUT2D eigenvalue weighted by Gasteiger charge is -2.29. The second-order valence-electron chi connectivity index (χ2n) is 9.68. The van der Waals surface area contributed by atoms with Crippen molar-refractivity contribution in [2.24, 2.45) is 0 Å². The minimum Gasteiger partial charge on any atom is -0.426 e. The predicted molar refractivity (Wildman–Crippen MR) is 142 cm³/mol. The molecule has 2 rings (SSSR count). The van der Waals surface area contributed by atoms with Gasteiger partial charge < -0.3 is 43.6 Å². The van der Waals surface area contributed by atoms with Crippen LogP contribution in [0.3, 0.4) is 0 Å². The highest BCUT2D eigenvalue weighted by Gasteiger charge is 2.37. The van der Waals surface area contributed by atoms with Crippen LogP contribution in [0.5, 0.6) is 5.75 Å². The first-order chi connectivity index (χ1) is 21.0. The van der Waals surface area contributed by atoms with E-state index in [1.54, 1.807) is 14.2 Å². The fraction of sp³-hybridized carbons (Fsp3) is 0.643. The molecular formula is C28H38F5NO10. The van der Waals surface area contributed by atoms with Gasteiger partial charge in [-0.1, -0.05) is 6.08 Å². The number of aliphatic hydroxyl groups is 1. The molecule has 11 nitrogen and oxygen atoms in total. The van der Waals surface area contributed by atoms with Gasteiger partial charge in [0, 0.05) is 27.4 Å². The molecular weight excluding hydrogens is 605 g/mol. The van der Waals surface area contributed by atoms with E-state index in [0.717, 1.165) is 0 Å². The third-order valence-electron chi connectivity index (χ3n) is 6.37. The largest absolute Gasteiger partial charge is 0.514 e. The lowest BCUT2D eigenvalue weighted by molar-refractivity contribution is -0.142. The highest BCUT2D eigenvalue weighted by atomic mass is 19.2. The molecule has 0 bridgehead atoms. The first kappa shape index (κ1) is 37.3. The van der Waals surface area contributed by atoms with Crippen molar-refractivity contribution in [1.82, 2.24) is 5.32 Å². The molecule has 44 heavy (non-hydrogen) atoms. The van der Waals surface area contributed by atoms with Crippen LogP contribution in [-0.4, -0.2) is 102 Å². The van der Waals surface area contributed by atoms with Crippen LogP contribution in [0.25, 0.3) is 0 Å². The number of halogens is 5. The minimum atomic E-state index is -2.41. The number of carbonyl (C=O) groups is 2. The van der Waals surface area contributed by atoms with Crippen LogP contribution in [0.4, 0.5) is 26.7 Å². The van der Waals surface area contributed by atoms with Crippen molar-refractivity contribution in [2.45, 2.75) is 49.9 Å². The Kier molecular flexibility index (Phi) is 16.5. The summed E-state index contributed by atoms with van der Waals surface area (Å²) >= 11 is 0. The van der Waals surface area contributed by atoms with E-state index in [-0.39, 0.29) is 51.5 Å². The molecule has 0 saturated heterocycles. The quantitative estimate of drug-likeness (QED) is 0.0467. The molecule has 0 radical (unpaired) electrons. The number of ether oxygens (including phenoxy) is 7. The van der Waals surface area contributed by atoms with Gasteiger partial charge in [-0.15, -0.1) is 0 Å². The normalized spacial score (nSPS) is 20.0. The van der Waals surface area contributed by atoms with Crippen LogP contribution in [0.15, 0.2) is 12.2 Å². The van der Waals surface area contributed by atoms with Crippen molar-refractivity contribution in [3.8, 4) is 5.75 Å². The summed E-state index contributed by atoms with van der Waals surface area (Å²) in [5, 5.41) is 13.6. The van der Waals surface area contributed by atoms with Crippen molar-refractivity contribution in [3.63, 3.8) is 0 Å². The fourth-order valence-electron chi connectivity index (χ4n) is 3.96. The van der Waals surface area contributed by atoms with Crippen molar-refractivity contribution in [3.05, 3.63) is 41.2 Å². The second kappa shape index (κ2) is 19.5. The molecule has 0 aromatic heterocycles. The van der Waals surface area contributed by atoms with E-state index in [1.165, 1.54) is 12.2 Å². The Morgan fingerprint density at radius 2 is 1.52 bits per heavy atom. The topological polar surface area (TPSA) is 131 Å². The Labute approximate surface area is 251 Å². The average molecular weight is 644 g/mol. The summed E-state index contributed by atoms with van der Waals surface area (Å²) in [7, 11) is 3.13. The second-order valence-corrected chi connectivity index (χ2v) is 9.68. The molecule has 1 unspecified atom stereocenters. The van der Waals surface area contributed by atoms with Crippen LogP contribution < -0.4 is 10.1 Å². The first-order valence-electron chi connectivity index (χ1n) is 13.9. The molecule has 2 N–H and O–H groups in total. The number of rotatable bonds is 18. The molecule has 0 spiro atoms. The van der Waals surface area contributed by atoms with Crippen LogP contribution in [0, 0.1) is 29.1 Å². The molecule has 1 aliphatic rings. The number of benzene rings is 1. The van der Waals surface area contributed by atoms with Gasteiger partial charge in [0.2, 0.25) is 34.8 Å². The predicted octanol–water partition coefficient (Wildman–Crippen LogP) is 3.34. The van der Waals surface area contributed by atoms with Crippen LogP contribution in [-0.2, 0) is 33.2 Å². The van der Waals surface area contributed by atoms with E-state index in [2.05, 4.69) is 10.1 Å². The van der Waals surface area contributed by atoms with E-state index >= 15 is 0 Å². The molecule has 250 valence electrons. The van der Waals surface area contributed by atoms with Gasteiger partial charge in [0.25, 0.3) is 5.91 Å². The lowest BCUT2D eigenvalue weighted by atomic mass is 9.87. The first-order valence-corrected chi connectivity index (χ1v) is 13.9. The Morgan fingerprint density at radius 3 is 2.18 bits per heavy atom. The summed E-state index contributed by atoms with van der Waals surface area (Å²) in [6.45, 7) is 2.63. The Hall–Kier alpha value is -2.89. The zero-order chi connectivity index (χ0) is 32.5. The maximum Gasteiger partial charge on any atom is 0.514 e. The van der Waals surface area contributed by atoms with Gasteiger partial charge in [-0.05, 0) is 38.2 Å². The number of methoxy groups -OCH3 is 2. The number of allylic oxidation sites excluding steroid dienone is 1. The van der Waals surface area contributed by atoms with E-state index in [0.29, 0.717) is 39.5 Å². The van der Waals surface area contributed by atoms with Gasteiger partial charge in [-0.25, -0.2) is 18.0 Å². The molecule has 1 amide bonds. The van der Waals surface area contributed by atoms with E-state index in [4.69, 9.17) is 28.4 Å². The van der Waals surface area contributed by atoms with Gasteiger partial charge in [0.05, 0.1) is 39.6 Å². The van der Waals surface area contributed by atoms with Gasteiger partial charge >= 0.3 is 6.16 Å². The summed E-state index contributed by atoms with van der Waals surface area (Å²) in [5.74, 6) is -14.2. The zero-order valence-electron chi connectivity index (χ0n) is 24.5.